The number of carboxylic acids is 1. The molecule has 0 radical (unpaired) electrons. The first-order valence-corrected chi connectivity index (χ1v) is 12.9. The number of aromatic nitrogens is 1. The van der Waals surface area contributed by atoms with Crippen molar-refractivity contribution in [2.75, 3.05) is 51.3 Å². The number of carbonyl (C=O) groups is 4. The number of carboxylic acid groups (broad SMARTS) is 2. The van der Waals surface area contributed by atoms with Crippen molar-refractivity contribution in [3.05, 3.63) is 48.2 Å². The minimum atomic E-state index is -1.10. The highest BCUT2D eigenvalue weighted by atomic mass is 16.5. The van der Waals surface area contributed by atoms with Crippen LogP contribution < -0.4 is 10.2 Å². The van der Waals surface area contributed by atoms with Crippen molar-refractivity contribution in [3.8, 4) is 11.3 Å². The van der Waals surface area contributed by atoms with Crippen LogP contribution in [0.15, 0.2) is 42.5 Å². The molecule has 2 aliphatic rings. The zero-order valence-electron chi connectivity index (χ0n) is 21.8. The van der Waals surface area contributed by atoms with Crippen LogP contribution in [0.5, 0.6) is 0 Å². The maximum absolute atomic E-state index is 13.5. The van der Waals surface area contributed by atoms with Crippen LogP contribution in [0.2, 0.25) is 0 Å². The van der Waals surface area contributed by atoms with E-state index in [1.165, 1.54) is 9.80 Å². The Hall–Kier alpha value is -4.19. The van der Waals surface area contributed by atoms with Gasteiger partial charge in [-0.1, -0.05) is 30.3 Å². The third kappa shape index (κ3) is 7.02. The van der Waals surface area contributed by atoms with E-state index in [-0.39, 0.29) is 50.8 Å². The molecule has 2 saturated heterocycles. The molecule has 0 saturated carbocycles. The second kappa shape index (κ2) is 12.6. The van der Waals surface area contributed by atoms with E-state index in [1.807, 2.05) is 36.4 Å². The molecule has 0 aliphatic carbocycles. The molecule has 1 aromatic carbocycles. The Morgan fingerprint density at radius 2 is 1.72 bits per heavy atom. The summed E-state index contributed by atoms with van der Waals surface area (Å²) in [6, 6.07) is 11.9. The third-order valence-corrected chi connectivity index (χ3v) is 7.07. The molecule has 0 bridgehead atoms. The molecule has 2 aromatic rings. The molecule has 2 aliphatic heterocycles. The Labute approximate surface area is 226 Å². The lowest BCUT2D eigenvalue weighted by Crippen LogP contribution is -2.55. The number of piperazine rings is 1. The first-order chi connectivity index (χ1) is 18.7. The predicted molar refractivity (Wildman–Crippen MR) is 142 cm³/mol. The molecule has 3 heterocycles. The lowest BCUT2D eigenvalue weighted by molar-refractivity contribution is -0.138. The molecule has 39 heavy (non-hydrogen) atoms. The predicted octanol–water partition coefficient (Wildman–Crippen LogP) is 1.76. The van der Waals surface area contributed by atoms with Crippen LogP contribution in [-0.4, -0.2) is 107 Å². The molecule has 0 spiro atoms. The van der Waals surface area contributed by atoms with Crippen LogP contribution in [0.3, 0.4) is 0 Å². The van der Waals surface area contributed by atoms with Gasteiger partial charge in [-0.2, -0.15) is 0 Å². The van der Waals surface area contributed by atoms with Crippen molar-refractivity contribution < 1.29 is 34.1 Å². The Kier molecular flexibility index (Phi) is 8.97. The average Bonchev–Trinajstić information content (AvgIpc) is 3.44. The van der Waals surface area contributed by atoms with E-state index in [1.54, 1.807) is 13.2 Å². The topological polar surface area (TPSA) is 153 Å². The second-order valence-electron chi connectivity index (χ2n) is 9.61. The number of rotatable bonds is 9. The summed E-state index contributed by atoms with van der Waals surface area (Å²) in [6.07, 6.45) is -0.558. The Morgan fingerprint density at radius 3 is 2.33 bits per heavy atom. The molecule has 208 valence electrons. The summed E-state index contributed by atoms with van der Waals surface area (Å²) < 4.78 is 5.50. The minimum absolute atomic E-state index is 0.0789. The lowest BCUT2D eigenvalue weighted by Gasteiger charge is -2.35. The van der Waals surface area contributed by atoms with E-state index in [9.17, 15) is 29.4 Å². The van der Waals surface area contributed by atoms with Gasteiger partial charge in [0.05, 0.1) is 11.8 Å². The summed E-state index contributed by atoms with van der Waals surface area (Å²) in [5, 5.41) is 21.1. The number of methoxy groups -OCH3 is 1. The molecule has 2 atom stereocenters. The first-order valence-electron chi connectivity index (χ1n) is 12.9. The lowest BCUT2D eigenvalue weighted by atomic mass is 10.1. The number of benzene rings is 1. The smallest absolute Gasteiger partial charge is 0.407 e. The number of amides is 3. The summed E-state index contributed by atoms with van der Waals surface area (Å²) >= 11 is 0. The van der Waals surface area contributed by atoms with Crippen molar-refractivity contribution in [1.29, 1.82) is 0 Å². The molecule has 3 amide bonds. The number of anilines is 1. The van der Waals surface area contributed by atoms with Crippen LogP contribution >= 0.6 is 0 Å². The van der Waals surface area contributed by atoms with Gasteiger partial charge in [-0.3, -0.25) is 14.4 Å². The van der Waals surface area contributed by atoms with Gasteiger partial charge < -0.3 is 35.0 Å². The van der Waals surface area contributed by atoms with Crippen molar-refractivity contribution in [1.82, 2.24) is 20.1 Å². The third-order valence-electron chi connectivity index (χ3n) is 7.07. The fourth-order valence-electron chi connectivity index (χ4n) is 4.82. The maximum atomic E-state index is 13.5. The standard InChI is InChI=1S/C27H33N5O7/c1-39-20-9-10-32(17-20)19-15-22(18-5-3-2-4-6-18)28-23(16-19)25(35)29-21(7-8-24(33)34)26(36)30-11-13-31(14-12-30)27(37)38/h2-6,15-16,20-21H,7-14,17H2,1H3,(H,29,35)(H,33,34)(H,37,38)/t20-,21-/m0/s1. The number of nitrogens with zero attached hydrogens (tertiary/aromatic N) is 4. The summed E-state index contributed by atoms with van der Waals surface area (Å²) in [5.41, 5.74) is 2.32. The largest absolute Gasteiger partial charge is 0.481 e. The van der Waals surface area contributed by atoms with Crippen molar-refractivity contribution >= 4 is 29.6 Å². The van der Waals surface area contributed by atoms with Crippen LogP contribution in [0, 0.1) is 0 Å². The monoisotopic (exact) mass is 539 g/mol. The normalized spacial score (nSPS) is 18.1. The van der Waals surface area contributed by atoms with Gasteiger partial charge in [0.25, 0.3) is 5.91 Å². The summed E-state index contributed by atoms with van der Waals surface area (Å²) in [4.78, 5) is 58.6. The zero-order chi connectivity index (χ0) is 27.9. The molecule has 4 rings (SSSR count). The van der Waals surface area contributed by atoms with Crippen molar-refractivity contribution in [3.63, 3.8) is 0 Å². The molecule has 12 heteroatoms. The number of nitrogens with one attached hydrogen (secondary N) is 1. The summed E-state index contributed by atoms with van der Waals surface area (Å²) in [7, 11) is 1.67. The molecule has 12 nitrogen and oxygen atoms in total. The summed E-state index contributed by atoms with van der Waals surface area (Å²) in [5.74, 6) is -2.13. The zero-order valence-corrected chi connectivity index (χ0v) is 21.8. The number of hydrogen-bond donors (Lipinski definition) is 3. The van der Waals surface area contributed by atoms with Crippen molar-refractivity contribution in [2.24, 2.45) is 0 Å². The van der Waals surface area contributed by atoms with E-state index in [0.29, 0.717) is 12.2 Å². The fraction of sp³-hybridized carbons (Fsp3) is 0.444. The summed E-state index contributed by atoms with van der Waals surface area (Å²) in [6.45, 7) is 2.02. The van der Waals surface area contributed by atoms with Gasteiger partial charge in [0.15, 0.2) is 0 Å². The minimum Gasteiger partial charge on any atom is -0.481 e. The van der Waals surface area contributed by atoms with Gasteiger partial charge in [0.2, 0.25) is 5.91 Å². The van der Waals surface area contributed by atoms with Gasteiger partial charge in [-0.15, -0.1) is 0 Å². The van der Waals surface area contributed by atoms with Gasteiger partial charge in [-0.25, -0.2) is 9.78 Å². The van der Waals surface area contributed by atoms with E-state index in [4.69, 9.17) is 4.74 Å². The molecular formula is C27H33N5O7. The number of aliphatic carboxylic acids is 1. The van der Waals surface area contributed by atoms with Gasteiger partial charge in [0, 0.05) is 64.0 Å². The SMILES string of the molecule is CO[C@H]1CCN(c2cc(C(=O)N[C@@H](CCC(=O)O)C(=O)N3CCN(C(=O)O)CC3)nc(-c3ccccc3)c2)C1. The Morgan fingerprint density at radius 1 is 1.03 bits per heavy atom. The Bertz CT molecular complexity index is 1200. The molecule has 3 N–H and O–H groups in total. The molecule has 1 aromatic heterocycles. The highest BCUT2D eigenvalue weighted by Gasteiger charge is 2.31. The van der Waals surface area contributed by atoms with Crippen LogP contribution in [0.25, 0.3) is 11.3 Å². The number of hydrogen-bond acceptors (Lipinski definition) is 7. The number of ether oxygens (including phenoxy) is 1. The van der Waals surface area contributed by atoms with E-state index in [2.05, 4.69) is 15.2 Å². The maximum Gasteiger partial charge on any atom is 0.407 e. The van der Waals surface area contributed by atoms with Crippen LogP contribution in [0.1, 0.15) is 29.8 Å². The van der Waals surface area contributed by atoms with Crippen molar-refractivity contribution in [2.45, 2.75) is 31.4 Å². The average molecular weight is 540 g/mol. The highest BCUT2D eigenvalue weighted by molar-refractivity contribution is 5.97. The van der Waals surface area contributed by atoms with Crippen LogP contribution in [-0.2, 0) is 14.3 Å². The first kappa shape index (κ1) is 27.8. The fourth-order valence-corrected chi connectivity index (χ4v) is 4.82. The molecule has 0 unspecified atom stereocenters. The second-order valence-corrected chi connectivity index (χ2v) is 9.61. The van der Waals surface area contributed by atoms with Gasteiger partial charge >= 0.3 is 12.1 Å². The number of carbonyl (C=O) groups excluding carboxylic acids is 2. The van der Waals surface area contributed by atoms with E-state index < -0.39 is 29.9 Å². The molecular weight excluding hydrogens is 506 g/mol. The van der Waals surface area contributed by atoms with Gasteiger partial charge in [0.1, 0.15) is 11.7 Å². The van der Waals surface area contributed by atoms with E-state index >= 15 is 0 Å². The Balaban J connectivity index is 1.58. The quantitative estimate of drug-likeness (QED) is 0.433. The van der Waals surface area contributed by atoms with Gasteiger partial charge in [-0.05, 0) is 25.0 Å². The number of pyridine rings is 1. The molecule has 2 fully saturated rings. The van der Waals surface area contributed by atoms with Crippen LogP contribution in [0.4, 0.5) is 10.5 Å². The highest BCUT2D eigenvalue weighted by Crippen LogP contribution is 2.27. The van der Waals surface area contributed by atoms with E-state index in [0.717, 1.165) is 24.2 Å².